The predicted octanol–water partition coefficient (Wildman–Crippen LogP) is 3.54. The first-order chi connectivity index (χ1) is 8.99. The first kappa shape index (κ1) is 14.1. The number of aryl methyl sites for hydroxylation is 2. The molecule has 0 aliphatic heterocycles. The molecule has 102 valence electrons. The molecule has 2 aromatic rings. The summed E-state index contributed by atoms with van der Waals surface area (Å²) in [5.74, 6) is 0. The molecule has 0 fully saturated rings. The zero-order valence-corrected chi connectivity index (χ0v) is 12.6. The highest BCUT2D eigenvalue weighted by Gasteiger charge is 2.11. The third-order valence-corrected chi connectivity index (χ3v) is 4.00. The molecule has 1 aromatic carbocycles. The topological polar surface area (TPSA) is 29.9 Å². The van der Waals surface area contributed by atoms with Crippen LogP contribution in [0.1, 0.15) is 35.3 Å². The Kier molecular flexibility index (Phi) is 4.27. The van der Waals surface area contributed by atoms with E-state index >= 15 is 0 Å². The van der Waals surface area contributed by atoms with Gasteiger partial charge in [0.05, 0.1) is 6.20 Å². The van der Waals surface area contributed by atoms with Crippen molar-refractivity contribution in [2.75, 3.05) is 0 Å². The predicted molar refractivity (Wildman–Crippen MR) is 79.4 cm³/mol. The lowest BCUT2D eigenvalue weighted by atomic mass is 10.1. The number of halogens is 1. The molecule has 0 amide bonds. The van der Waals surface area contributed by atoms with Crippen LogP contribution < -0.4 is 5.32 Å². The van der Waals surface area contributed by atoms with E-state index in [1.54, 1.807) is 0 Å². The molecule has 0 radical (unpaired) electrons. The van der Waals surface area contributed by atoms with E-state index in [2.05, 4.69) is 36.4 Å². The Balaban J connectivity index is 2.02. The van der Waals surface area contributed by atoms with Gasteiger partial charge in [0, 0.05) is 35.9 Å². The third kappa shape index (κ3) is 3.17. The number of aromatic nitrogens is 2. The molecule has 0 spiro atoms. The minimum atomic E-state index is 0.272. The van der Waals surface area contributed by atoms with Gasteiger partial charge in [0.15, 0.2) is 0 Å². The Morgan fingerprint density at radius 3 is 2.68 bits per heavy atom. The highest BCUT2D eigenvalue weighted by atomic mass is 35.5. The van der Waals surface area contributed by atoms with Crippen molar-refractivity contribution in [2.24, 2.45) is 7.05 Å². The van der Waals surface area contributed by atoms with Gasteiger partial charge in [-0.05, 0) is 38.0 Å². The monoisotopic (exact) mass is 277 g/mol. The van der Waals surface area contributed by atoms with E-state index in [1.165, 1.54) is 16.8 Å². The van der Waals surface area contributed by atoms with E-state index in [0.717, 1.165) is 17.1 Å². The zero-order chi connectivity index (χ0) is 14.0. The van der Waals surface area contributed by atoms with E-state index in [0.29, 0.717) is 0 Å². The molecule has 1 heterocycles. The van der Waals surface area contributed by atoms with Crippen LogP contribution in [-0.2, 0) is 13.6 Å². The highest BCUT2D eigenvalue weighted by Crippen LogP contribution is 2.19. The Morgan fingerprint density at radius 2 is 2.11 bits per heavy atom. The van der Waals surface area contributed by atoms with Gasteiger partial charge in [-0.1, -0.05) is 23.7 Å². The van der Waals surface area contributed by atoms with Crippen LogP contribution in [0.5, 0.6) is 0 Å². The fraction of sp³-hybridized carbons (Fsp3) is 0.400. The standard InChI is InChI=1S/C15H20ClN3/c1-10-5-6-13(7-15(10)16)8-17-11(2)14-9-18-19(4)12(14)3/h5-7,9,11,17H,8H2,1-4H3/t11-/m1/s1. The Labute approximate surface area is 119 Å². The molecule has 0 saturated carbocycles. The second-order valence-electron chi connectivity index (χ2n) is 5.00. The summed E-state index contributed by atoms with van der Waals surface area (Å²) in [6.07, 6.45) is 1.93. The fourth-order valence-corrected chi connectivity index (χ4v) is 2.27. The summed E-state index contributed by atoms with van der Waals surface area (Å²) in [5, 5.41) is 8.60. The van der Waals surface area contributed by atoms with Crippen molar-refractivity contribution in [1.82, 2.24) is 15.1 Å². The first-order valence-corrected chi connectivity index (χ1v) is 6.83. The smallest absolute Gasteiger partial charge is 0.0540 e. The number of hydrogen-bond acceptors (Lipinski definition) is 2. The van der Waals surface area contributed by atoms with Gasteiger partial charge in [-0.2, -0.15) is 5.10 Å². The van der Waals surface area contributed by atoms with E-state index in [4.69, 9.17) is 11.6 Å². The average Bonchev–Trinajstić information content (AvgIpc) is 2.71. The second kappa shape index (κ2) is 5.76. The molecule has 1 aromatic heterocycles. The van der Waals surface area contributed by atoms with E-state index < -0.39 is 0 Å². The van der Waals surface area contributed by atoms with Gasteiger partial charge < -0.3 is 5.32 Å². The molecule has 0 bridgehead atoms. The Hall–Kier alpha value is -1.32. The van der Waals surface area contributed by atoms with Crippen molar-refractivity contribution in [3.63, 3.8) is 0 Å². The van der Waals surface area contributed by atoms with Gasteiger partial charge in [0.2, 0.25) is 0 Å². The fourth-order valence-electron chi connectivity index (χ4n) is 2.07. The summed E-state index contributed by atoms with van der Waals surface area (Å²) in [5.41, 5.74) is 4.74. The van der Waals surface area contributed by atoms with Crippen molar-refractivity contribution in [3.8, 4) is 0 Å². The average molecular weight is 278 g/mol. The van der Waals surface area contributed by atoms with Gasteiger partial charge in [0.25, 0.3) is 0 Å². The lowest BCUT2D eigenvalue weighted by molar-refractivity contribution is 0.570. The quantitative estimate of drug-likeness (QED) is 0.926. The van der Waals surface area contributed by atoms with Crippen molar-refractivity contribution in [2.45, 2.75) is 33.4 Å². The second-order valence-corrected chi connectivity index (χ2v) is 5.40. The molecule has 2 rings (SSSR count). The number of hydrogen-bond donors (Lipinski definition) is 1. The summed E-state index contributed by atoms with van der Waals surface area (Å²) in [4.78, 5) is 0. The van der Waals surface area contributed by atoms with Crippen LogP contribution in [0.25, 0.3) is 0 Å². The van der Waals surface area contributed by atoms with Gasteiger partial charge in [-0.25, -0.2) is 0 Å². The third-order valence-electron chi connectivity index (χ3n) is 3.59. The van der Waals surface area contributed by atoms with E-state index in [1.807, 2.05) is 30.9 Å². The minimum absolute atomic E-state index is 0.272. The molecule has 4 heteroatoms. The molecule has 0 aliphatic rings. The molecule has 0 saturated heterocycles. The van der Waals surface area contributed by atoms with Gasteiger partial charge in [0.1, 0.15) is 0 Å². The number of benzene rings is 1. The summed E-state index contributed by atoms with van der Waals surface area (Å²) in [6.45, 7) is 7.06. The van der Waals surface area contributed by atoms with Gasteiger partial charge in [-0.3, -0.25) is 4.68 Å². The Morgan fingerprint density at radius 1 is 1.37 bits per heavy atom. The molecule has 19 heavy (non-hydrogen) atoms. The molecule has 0 unspecified atom stereocenters. The highest BCUT2D eigenvalue weighted by molar-refractivity contribution is 6.31. The lowest BCUT2D eigenvalue weighted by Crippen LogP contribution is -2.18. The van der Waals surface area contributed by atoms with Crippen molar-refractivity contribution >= 4 is 11.6 Å². The van der Waals surface area contributed by atoms with Crippen LogP contribution >= 0.6 is 11.6 Å². The van der Waals surface area contributed by atoms with Crippen molar-refractivity contribution in [3.05, 3.63) is 51.8 Å². The van der Waals surface area contributed by atoms with Crippen LogP contribution in [0.2, 0.25) is 5.02 Å². The summed E-state index contributed by atoms with van der Waals surface area (Å²) in [6, 6.07) is 6.46. The number of rotatable bonds is 4. The maximum atomic E-state index is 6.13. The van der Waals surface area contributed by atoms with Crippen LogP contribution in [0.15, 0.2) is 24.4 Å². The molecule has 0 aliphatic carbocycles. The maximum Gasteiger partial charge on any atom is 0.0540 e. The van der Waals surface area contributed by atoms with Crippen molar-refractivity contribution < 1.29 is 0 Å². The van der Waals surface area contributed by atoms with Crippen LogP contribution in [0.3, 0.4) is 0 Å². The normalized spacial score (nSPS) is 12.7. The summed E-state index contributed by atoms with van der Waals surface area (Å²) in [7, 11) is 1.96. The Bertz CT molecular complexity index is 575. The molecule has 1 atom stereocenters. The maximum absolute atomic E-state index is 6.13. The minimum Gasteiger partial charge on any atom is -0.306 e. The number of nitrogens with one attached hydrogen (secondary N) is 1. The lowest BCUT2D eigenvalue weighted by Gasteiger charge is -2.14. The van der Waals surface area contributed by atoms with E-state index in [-0.39, 0.29) is 6.04 Å². The zero-order valence-electron chi connectivity index (χ0n) is 11.9. The van der Waals surface area contributed by atoms with Crippen LogP contribution in [0, 0.1) is 13.8 Å². The summed E-state index contributed by atoms with van der Waals surface area (Å²) >= 11 is 6.13. The molecule has 3 nitrogen and oxygen atoms in total. The SMILES string of the molecule is Cc1ccc(CN[C@H](C)c2cnn(C)c2C)cc1Cl. The van der Waals surface area contributed by atoms with Gasteiger partial charge in [-0.15, -0.1) is 0 Å². The molecular weight excluding hydrogens is 258 g/mol. The van der Waals surface area contributed by atoms with Gasteiger partial charge >= 0.3 is 0 Å². The summed E-state index contributed by atoms with van der Waals surface area (Å²) < 4.78 is 1.90. The molecule has 1 N–H and O–H groups in total. The van der Waals surface area contributed by atoms with Crippen LogP contribution in [-0.4, -0.2) is 9.78 Å². The molecular formula is C15H20ClN3. The largest absolute Gasteiger partial charge is 0.306 e. The van der Waals surface area contributed by atoms with Crippen LogP contribution in [0.4, 0.5) is 0 Å². The van der Waals surface area contributed by atoms with Crippen molar-refractivity contribution in [1.29, 1.82) is 0 Å². The number of nitrogens with zero attached hydrogens (tertiary/aromatic N) is 2. The first-order valence-electron chi connectivity index (χ1n) is 6.46. The van der Waals surface area contributed by atoms with E-state index in [9.17, 15) is 0 Å².